The molecule has 4 rings (SSSR count). The first-order chi connectivity index (χ1) is 14.6. The third-order valence-corrected chi connectivity index (χ3v) is 5.40. The van der Waals surface area contributed by atoms with E-state index in [4.69, 9.17) is 14.0 Å². The zero-order chi connectivity index (χ0) is 21.1. The summed E-state index contributed by atoms with van der Waals surface area (Å²) in [5, 5.41) is 12.9. The van der Waals surface area contributed by atoms with Gasteiger partial charge in [-0.25, -0.2) is 4.39 Å². The lowest BCUT2D eigenvalue weighted by Crippen LogP contribution is -1.96. The van der Waals surface area contributed by atoms with E-state index in [-0.39, 0.29) is 5.82 Å². The summed E-state index contributed by atoms with van der Waals surface area (Å²) in [4.78, 5) is 4.43. The van der Waals surface area contributed by atoms with Gasteiger partial charge in [-0.05, 0) is 24.3 Å². The van der Waals surface area contributed by atoms with Crippen molar-refractivity contribution in [3.05, 3.63) is 54.2 Å². The molecule has 0 saturated carbocycles. The van der Waals surface area contributed by atoms with E-state index in [1.165, 1.54) is 17.8 Å². The molecule has 0 amide bonds. The predicted molar refractivity (Wildman–Crippen MR) is 109 cm³/mol. The van der Waals surface area contributed by atoms with Crippen LogP contribution in [0.15, 0.2) is 52.1 Å². The molecule has 0 fully saturated rings. The molecular weight excluding hydrogens is 409 g/mol. The maximum Gasteiger partial charge on any atom is 0.237 e. The first-order valence-electron chi connectivity index (χ1n) is 8.92. The van der Waals surface area contributed by atoms with E-state index in [0.717, 1.165) is 0 Å². The van der Waals surface area contributed by atoms with Gasteiger partial charge in [0.2, 0.25) is 11.7 Å². The van der Waals surface area contributed by atoms with Crippen molar-refractivity contribution in [2.45, 2.75) is 10.9 Å². The molecule has 0 spiro atoms. The molecule has 154 valence electrons. The maximum atomic E-state index is 14.0. The number of nitrogens with zero attached hydrogens (tertiary/aromatic N) is 5. The van der Waals surface area contributed by atoms with Crippen LogP contribution in [-0.4, -0.2) is 39.1 Å². The fourth-order valence-corrected chi connectivity index (χ4v) is 3.60. The first kappa shape index (κ1) is 19.9. The highest BCUT2D eigenvalue weighted by Crippen LogP contribution is 2.32. The van der Waals surface area contributed by atoms with Gasteiger partial charge in [-0.1, -0.05) is 29.1 Å². The van der Waals surface area contributed by atoms with E-state index >= 15 is 0 Å². The lowest BCUT2D eigenvalue weighted by molar-refractivity contribution is 0.388. The van der Waals surface area contributed by atoms with Crippen LogP contribution in [-0.2, 0) is 12.8 Å². The van der Waals surface area contributed by atoms with Crippen LogP contribution in [0.25, 0.3) is 22.8 Å². The van der Waals surface area contributed by atoms with Crippen LogP contribution in [0.4, 0.5) is 4.39 Å². The summed E-state index contributed by atoms with van der Waals surface area (Å²) in [5.74, 6) is 2.57. The number of hydrogen-bond acceptors (Lipinski definition) is 8. The van der Waals surface area contributed by atoms with E-state index in [1.807, 2.05) is 6.07 Å². The third kappa shape index (κ3) is 3.86. The van der Waals surface area contributed by atoms with E-state index in [2.05, 4.69) is 20.3 Å². The fraction of sp³-hybridized carbons (Fsp3) is 0.200. The largest absolute Gasteiger partial charge is 0.497 e. The third-order valence-electron chi connectivity index (χ3n) is 4.39. The Bertz CT molecular complexity index is 1180. The number of thioether (sulfide) groups is 1. The average molecular weight is 427 g/mol. The summed E-state index contributed by atoms with van der Waals surface area (Å²) in [6.45, 7) is 0. The van der Waals surface area contributed by atoms with Crippen molar-refractivity contribution in [2.24, 2.45) is 7.05 Å². The minimum Gasteiger partial charge on any atom is -0.497 e. The summed E-state index contributed by atoms with van der Waals surface area (Å²) in [5.41, 5.74) is 1.09. The van der Waals surface area contributed by atoms with Crippen LogP contribution in [0.3, 0.4) is 0 Å². The summed E-state index contributed by atoms with van der Waals surface area (Å²) >= 11 is 1.37. The SMILES string of the molecule is COc1ccc(-c2noc(CSc3nnc(-c4ccccc4F)n3C)n2)c(OC)c1. The van der Waals surface area contributed by atoms with Gasteiger partial charge in [-0.3, -0.25) is 0 Å². The van der Waals surface area contributed by atoms with Crippen LogP contribution in [0.5, 0.6) is 11.5 Å². The van der Waals surface area contributed by atoms with Gasteiger partial charge >= 0.3 is 0 Å². The monoisotopic (exact) mass is 427 g/mol. The Hall–Kier alpha value is -3.40. The maximum absolute atomic E-state index is 14.0. The Morgan fingerprint density at radius 3 is 2.67 bits per heavy atom. The molecule has 2 aromatic carbocycles. The molecule has 0 radical (unpaired) electrons. The molecule has 10 heteroatoms. The van der Waals surface area contributed by atoms with Gasteiger partial charge in [0.05, 0.1) is 31.1 Å². The first-order valence-corrected chi connectivity index (χ1v) is 9.91. The Balaban J connectivity index is 1.50. The molecule has 0 unspecified atom stereocenters. The molecule has 0 saturated heterocycles. The Kier molecular flexibility index (Phi) is 5.66. The van der Waals surface area contributed by atoms with E-state index in [9.17, 15) is 4.39 Å². The highest BCUT2D eigenvalue weighted by molar-refractivity contribution is 7.98. The van der Waals surface area contributed by atoms with E-state index < -0.39 is 0 Å². The normalized spacial score (nSPS) is 10.9. The molecule has 0 bridgehead atoms. The smallest absolute Gasteiger partial charge is 0.237 e. The van der Waals surface area contributed by atoms with Gasteiger partial charge in [0.1, 0.15) is 17.3 Å². The number of ether oxygens (including phenoxy) is 2. The lowest BCUT2D eigenvalue weighted by atomic mass is 10.2. The van der Waals surface area contributed by atoms with Crippen molar-refractivity contribution >= 4 is 11.8 Å². The van der Waals surface area contributed by atoms with E-state index in [0.29, 0.717) is 51.1 Å². The van der Waals surface area contributed by atoms with Gasteiger partial charge in [0, 0.05) is 13.1 Å². The van der Waals surface area contributed by atoms with Crippen molar-refractivity contribution in [3.63, 3.8) is 0 Å². The van der Waals surface area contributed by atoms with Crippen molar-refractivity contribution in [1.82, 2.24) is 24.9 Å². The number of rotatable bonds is 7. The van der Waals surface area contributed by atoms with Crippen molar-refractivity contribution in [3.8, 4) is 34.3 Å². The average Bonchev–Trinajstić information content (AvgIpc) is 3.39. The van der Waals surface area contributed by atoms with Gasteiger partial charge in [0.25, 0.3) is 0 Å². The van der Waals surface area contributed by atoms with Crippen LogP contribution in [0.1, 0.15) is 5.89 Å². The summed E-state index contributed by atoms with van der Waals surface area (Å²) < 4.78 is 31.7. The Morgan fingerprint density at radius 2 is 1.90 bits per heavy atom. The zero-order valence-electron chi connectivity index (χ0n) is 16.5. The second-order valence-electron chi connectivity index (χ2n) is 6.21. The highest BCUT2D eigenvalue weighted by Gasteiger charge is 2.17. The molecule has 4 aromatic rings. The van der Waals surface area contributed by atoms with Crippen LogP contribution in [0, 0.1) is 5.82 Å². The van der Waals surface area contributed by atoms with E-state index in [1.54, 1.807) is 56.2 Å². The topological polar surface area (TPSA) is 88.1 Å². The quantitative estimate of drug-likeness (QED) is 0.409. The number of benzene rings is 2. The minimum atomic E-state index is -0.348. The van der Waals surface area contributed by atoms with Gasteiger partial charge < -0.3 is 18.6 Å². The van der Waals surface area contributed by atoms with Crippen LogP contribution < -0.4 is 9.47 Å². The van der Waals surface area contributed by atoms with Crippen LogP contribution >= 0.6 is 11.8 Å². The van der Waals surface area contributed by atoms with Crippen molar-refractivity contribution < 1.29 is 18.4 Å². The molecule has 30 heavy (non-hydrogen) atoms. The number of halogens is 1. The number of methoxy groups -OCH3 is 2. The zero-order valence-corrected chi connectivity index (χ0v) is 17.3. The molecular formula is C20H18FN5O3S. The standard InChI is InChI=1S/C20H18FN5O3S/c1-26-19(13-6-4-5-7-15(13)21)23-24-20(26)30-11-17-22-18(25-29-17)14-9-8-12(27-2)10-16(14)28-3/h4-10H,11H2,1-3H3. The number of hydrogen-bond donors (Lipinski definition) is 0. The summed E-state index contributed by atoms with van der Waals surface area (Å²) in [7, 11) is 4.93. The molecule has 0 aliphatic rings. The second kappa shape index (κ2) is 8.54. The molecule has 2 heterocycles. The molecule has 0 aliphatic carbocycles. The van der Waals surface area contributed by atoms with Crippen molar-refractivity contribution in [2.75, 3.05) is 14.2 Å². The summed E-state index contributed by atoms with van der Waals surface area (Å²) in [6, 6.07) is 11.8. The molecule has 0 atom stereocenters. The molecule has 8 nitrogen and oxygen atoms in total. The molecule has 2 aromatic heterocycles. The fourth-order valence-electron chi connectivity index (χ4n) is 2.85. The predicted octanol–water partition coefficient (Wildman–Crippen LogP) is 3.98. The van der Waals surface area contributed by atoms with Gasteiger partial charge in [-0.15, -0.1) is 10.2 Å². The lowest BCUT2D eigenvalue weighted by Gasteiger charge is -2.07. The minimum absolute atomic E-state index is 0.348. The van der Waals surface area contributed by atoms with Crippen LogP contribution in [0.2, 0.25) is 0 Å². The summed E-state index contributed by atoms with van der Waals surface area (Å²) in [6.07, 6.45) is 0. The highest BCUT2D eigenvalue weighted by atomic mass is 32.2. The molecule has 0 N–H and O–H groups in total. The number of aromatic nitrogens is 5. The Morgan fingerprint density at radius 1 is 1.07 bits per heavy atom. The van der Waals surface area contributed by atoms with Gasteiger partial charge in [0.15, 0.2) is 11.0 Å². The van der Waals surface area contributed by atoms with Crippen molar-refractivity contribution in [1.29, 1.82) is 0 Å². The second-order valence-corrected chi connectivity index (χ2v) is 7.15. The molecule has 0 aliphatic heterocycles. The van der Waals surface area contributed by atoms with Gasteiger partial charge in [-0.2, -0.15) is 4.98 Å². The Labute approximate surface area is 176 Å².